The first kappa shape index (κ1) is 23.2. The Morgan fingerprint density at radius 1 is 1.20 bits per heavy atom. The van der Waals surface area contributed by atoms with Crippen molar-refractivity contribution in [2.75, 3.05) is 43.2 Å². The lowest BCUT2D eigenvalue weighted by atomic mass is 10.00. The number of nitrogen functional groups attached to an aromatic ring is 1. The van der Waals surface area contributed by atoms with Crippen molar-refractivity contribution in [3.05, 3.63) is 47.3 Å². The molecular formula is C26H33N7O2. The van der Waals surface area contributed by atoms with Crippen LogP contribution in [-0.2, 0) is 0 Å². The van der Waals surface area contributed by atoms with Crippen LogP contribution in [0.5, 0.6) is 5.75 Å². The summed E-state index contributed by atoms with van der Waals surface area (Å²) in [6, 6.07) is 8.87. The number of nitrogens with two attached hydrogens (primary N) is 1. The summed E-state index contributed by atoms with van der Waals surface area (Å²) in [7, 11) is 3.28. The highest BCUT2D eigenvalue weighted by Crippen LogP contribution is 2.32. The van der Waals surface area contributed by atoms with E-state index in [9.17, 15) is 4.79 Å². The lowest BCUT2D eigenvalue weighted by Gasteiger charge is -2.35. The number of fused-ring (bicyclic) bond motifs is 1. The molecule has 0 unspecified atom stereocenters. The van der Waals surface area contributed by atoms with Gasteiger partial charge in [0, 0.05) is 49.7 Å². The van der Waals surface area contributed by atoms with Crippen LogP contribution in [-0.4, -0.2) is 61.1 Å². The second kappa shape index (κ2) is 9.58. The molecule has 1 saturated carbocycles. The predicted octanol–water partition coefficient (Wildman–Crippen LogP) is 3.26. The van der Waals surface area contributed by atoms with Gasteiger partial charge in [0.15, 0.2) is 5.75 Å². The van der Waals surface area contributed by atoms with Crippen molar-refractivity contribution in [1.29, 1.82) is 0 Å². The van der Waals surface area contributed by atoms with Crippen LogP contribution in [0.3, 0.4) is 0 Å². The molecule has 2 fully saturated rings. The number of ether oxygens (including phenoxy) is 1. The van der Waals surface area contributed by atoms with E-state index in [1.54, 1.807) is 37.2 Å². The zero-order valence-corrected chi connectivity index (χ0v) is 20.5. The van der Waals surface area contributed by atoms with Crippen LogP contribution in [0.25, 0.3) is 5.52 Å². The Labute approximate surface area is 205 Å². The molecule has 0 radical (unpaired) electrons. The molecule has 1 aliphatic carbocycles. The molecule has 3 heterocycles. The fourth-order valence-electron chi connectivity index (χ4n) is 4.83. The maximum Gasteiger partial charge on any atom is 0.257 e. The largest absolute Gasteiger partial charge is 0.493 e. The molecular weight excluding hydrogens is 442 g/mol. The minimum atomic E-state index is -0.300. The van der Waals surface area contributed by atoms with E-state index in [1.807, 2.05) is 25.1 Å². The third kappa shape index (κ3) is 4.81. The summed E-state index contributed by atoms with van der Waals surface area (Å²) in [5.74, 6) is 0.216. The first-order valence-electron chi connectivity index (χ1n) is 12.2. The molecule has 0 bridgehead atoms. The summed E-state index contributed by atoms with van der Waals surface area (Å²) in [5.41, 5.74) is 11.5. The summed E-state index contributed by atoms with van der Waals surface area (Å²) >= 11 is 0. The topological polar surface area (TPSA) is 109 Å². The third-order valence-corrected chi connectivity index (χ3v) is 6.80. The number of nitrogens with one attached hydrogen (secondary N) is 2. The van der Waals surface area contributed by atoms with Gasteiger partial charge in [-0.2, -0.15) is 5.10 Å². The molecule has 1 aromatic carbocycles. The maximum atomic E-state index is 13.3. The van der Waals surface area contributed by atoms with Gasteiger partial charge in [-0.05, 0) is 56.9 Å². The minimum Gasteiger partial charge on any atom is -0.493 e. The van der Waals surface area contributed by atoms with Crippen LogP contribution >= 0.6 is 0 Å². The van der Waals surface area contributed by atoms with E-state index in [2.05, 4.69) is 25.6 Å². The van der Waals surface area contributed by atoms with E-state index < -0.39 is 0 Å². The van der Waals surface area contributed by atoms with Gasteiger partial charge in [0.05, 0.1) is 41.5 Å². The van der Waals surface area contributed by atoms with E-state index in [-0.39, 0.29) is 5.91 Å². The molecule has 0 spiro atoms. The molecule has 1 saturated heterocycles. The molecule has 184 valence electrons. The number of aliphatic imine (C=N–C) groups is 1. The number of pyridine rings is 1. The molecule has 3 aromatic rings. The molecule has 9 heteroatoms. The molecule has 35 heavy (non-hydrogen) atoms. The Bertz CT molecular complexity index is 1270. The van der Waals surface area contributed by atoms with E-state index >= 15 is 0 Å². The van der Waals surface area contributed by atoms with Crippen LogP contribution in [0.15, 0.2) is 35.5 Å². The highest BCUT2D eigenvalue weighted by Gasteiger charge is 2.28. The van der Waals surface area contributed by atoms with Gasteiger partial charge in [0.1, 0.15) is 0 Å². The second-order valence-corrected chi connectivity index (χ2v) is 9.41. The van der Waals surface area contributed by atoms with Gasteiger partial charge in [-0.3, -0.25) is 9.79 Å². The minimum absolute atomic E-state index is 0.300. The van der Waals surface area contributed by atoms with Crippen molar-refractivity contribution in [3.63, 3.8) is 0 Å². The van der Waals surface area contributed by atoms with Crippen molar-refractivity contribution in [1.82, 2.24) is 14.9 Å². The first-order valence-corrected chi connectivity index (χ1v) is 12.2. The summed E-state index contributed by atoms with van der Waals surface area (Å²) in [6.07, 6.45) is 8.30. The quantitative estimate of drug-likeness (QED) is 0.358. The number of methoxy groups -OCH3 is 1. The first-order chi connectivity index (χ1) is 17.0. The maximum absolute atomic E-state index is 13.3. The molecule has 2 aromatic heterocycles. The summed E-state index contributed by atoms with van der Waals surface area (Å²) in [6.45, 7) is 3.81. The number of nitrogens with zero attached hydrogens (tertiary/aromatic N) is 4. The Kier molecular flexibility index (Phi) is 6.34. The van der Waals surface area contributed by atoms with Crippen LogP contribution in [0.4, 0.5) is 17.1 Å². The predicted molar refractivity (Wildman–Crippen MR) is 140 cm³/mol. The number of anilines is 3. The number of carbonyl (C=O) groups excluding carboxylic acids is 1. The van der Waals surface area contributed by atoms with E-state index in [0.29, 0.717) is 28.7 Å². The molecule has 4 N–H and O–H groups in total. The number of rotatable bonds is 7. The van der Waals surface area contributed by atoms with Crippen molar-refractivity contribution in [3.8, 4) is 5.75 Å². The van der Waals surface area contributed by atoms with E-state index in [4.69, 9.17) is 10.5 Å². The number of benzene rings is 1. The molecule has 1 amide bonds. The number of amides is 1. The van der Waals surface area contributed by atoms with Gasteiger partial charge in [0.25, 0.3) is 5.91 Å². The highest BCUT2D eigenvalue weighted by molar-refractivity contribution is 6.12. The third-order valence-electron chi connectivity index (χ3n) is 6.80. The van der Waals surface area contributed by atoms with Crippen LogP contribution in [0.2, 0.25) is 0 Å². The van der Waals surface area contributed by atoms with Crippen molar-refractivity contribution >= 4 is 34.7 Å². The van der Waals surface area contributed by atoms with Crippen molar-refractivity contribution in [2.45, 2.75) is 44.7 Å². The van der Waals surface area contributed by atoms with Crippen molar-refractivity contribution in [2.24, 2.45) is 4.99 Å². The number of aryl methyl sites for hydroxylation is 1. The van der Waals surface area contributed by atoms with E-state index in [1.165, 1.54) is 12.8 Å². The zero-order chi connectivity index (χ0) is 24.5. The van der Waals surface area contributed by atoms with Gasteiger partial charge in [-0.15, -0.1) is 0 Å². The second-order valence-electron chi connectivity index (χ2n) is 9.41. The average molecular weight is 476 g/mol. The molecule has 1 aliphatic heterocycles. The van der Waals surface area contributed by atoms with Crippen LogP contribution in [0.1, 0.15) is 47.3 Å². The standard InChI is InChI=1S/C26H33N7O2/c1-16-12-19-13-22(24(35-3)15-33(19)31-16)30-26(34)20-6-7-23(21(14-28-2)25(20)27)32-10-8-18(9-11-32)29-17-4-5-17/h6-7,12-15,17-18,29H,4-5,8-11,27H2,1-3H3,(H,30,34). The molecule has 9 nitrogen and oxygen atoms in total. The van der Waals surface area contributed by atoms with Gasteiger partial charge < -0.3 is 26.0 Å². The number of hydrogen-bond donors (Lipinski definition) is 3. The number of carbonyl (C=O) groups is 1. The lowest BCUT2D eigenvalue weighted by molar-refractivity contribution is 0.102. The Morgan fingerprint density at radius 2 is 1.94 bits per heavy atom. The van der Waals surface area contributed by atoms with Gasteiger partial charge >= 0.3 is 0 Å². The van der Waals surface area contributed by atoms with Gasteiger partial charge in [0.2, 0.25) is 0 Å². The lowest BCUT2D eigenvalue weighted by Crippen LogP contribution is -2.43. The number of piperidine rings is 1. The Morgan fingerprint density at radius 3 is 2.63 bits per heavy atom. The highest BCUT2D eigenvalue weighted by atomic mass is 16.5. The smallest absolute Gasteiger partial charge is 0.257 e. The summed E-state index contributed by atoms with van der Waals surface area (Å²) < 4.78 is 7.22. The van der Waals surface area contributed by atoms with Crippen LogP contribution in [0, 0.1) is 6.92 Å². The van der Waals surface area contributed by atoms with Gasteiger partial charge in [-0.1, -0.05) is 0 Å². The summed E-state index contributed by atoms with van der Waals surface area (Å²) in [4.78, 5) is 19.9. The normalized spacial score (nSPS) is 16.8. The average Bonchev–Trinajstić information content (AvgIpc) is 3.59. The molecule has 2 aliphatic rings. The zero-order valence-electron chi connectivity index (χ0n) is 20.5. The number of aromatic nitrogens is 2. The number of hydrogen-bond acceptors (Lipinski definition) is 7. The van der Waals surface area contributed by atoms with Crippen LogP contribution < -0.4 is 26.0 Å². The SMILES string of the molecule is CN=Cc1c(N2CCC(NC3CC3)CC2)ccc(C(=O)Nc2cc3cc(C)nn3cc2OC)c1N. The Hall–Kier alpha value is -3.59. The summed E-state index contributed by atoms with van der Waals surface area (Å²) in [5, 5.41) is 11.1. The fraction of sp³-hybridized carbons (Fsp3) is 0.423. The fourth-order valence-corrected chi connectivity index (χ4v) is 4.83. The Balaban J connectivity index is 1.38. The monoisotopic (exact) mass is 475 g/mol. The van der Waals surface area contributed by atoms with Gasteiger partial charge in [-0.25, -0.2) is 4.52 Å². The molecule has 5 rings (SSSR count). The molecule has 0 atom stereocenters. The van der Waals surface area contributed by atoms with Crippen molar-refractivity contribution < 1.29 is 9.53 Å². The van der Waals surface area contributed by atoms with E-state index in [0.717, 1.165) is 54.4 Å².